The van der Waals surface area contributed by atoms with E-state index < -0.39 is 0 Å². The van der Waals surface area contributed by atoms with Gasteiger partial charge in [-0.1, -0.05) is 48.0 Å². The Bertz CT molecular complexity index is 960. The topological polar surface area (TPSA) is 45.5 Å². The zero-order valence-electron chi connectivity index (χ0n) is 15.4. The summed E-state index contributed by atoms with van der Waals surface area (Å²) in [4.78, 5) is 15.2. The molecule has 1 saturated heterocycles. The Hall–Kier alpha value is -2.30. The lowest BCUT2D eigenvalue weighted by Crippen LogP contribution is -2.37. The molecule has 0 aliphatic carbocycles. The molecule has 1 atom stereocenters. The number of hydrogen-bond acceptors (Lipinski definition) is 3. The maximum absolute atomic E-state index is 12.8. The van der Waals surface area contributed by atoms with Gasteiger partial charge in [-0.05, 0) is 50.6 Å². The van der Waals surface area contributed by atoms with Crippen molar-refractivity contribution in [3.63, 3.8) is 0 Å². The van der Waals surface area contributed by atoms with Crippen molar-refractivity contribution in [2.24, 2.45) is 0 Å². The third-order valence-corrected chi connectivity index (χ3v) is 5.70. The number of fused-ring (bicyclic) bond motifs is 1. The molecule has 2 heterocycles. The number of rotatable bonds is 5. The van der Waals surface area contributed by atoms with Crippen molar-refractivity contribution in [2.75, 3.05) is 19.6 Å². The Kier molecular flexibility index (Phi) is 5.19. The van der Waals surface area contributed by atoms with Crippen LogP contribution < -0.4 is 5.32 Å². The summed E-state index contributed by atoms with van der Waals surface area (Å²) < 4.78 is 5.80. The van der Waals surface area contributed by atoms with Crippen molar-refractivity contribution in [1.29, 1.82) is 0 Å². The molecule has 2 aromatic carbocycles. The fourth-order valence-electron chi connectivity index (χ4n) is 3.89. The van der Waals surface area contributed by atoms with E-state index in [2.05, 4.69) is 10.2 Å². The molecule has 1 unspecified atom stereocenters. The molecule has 5 heteroatoms. The van der Waals surface area contributed by atoms with Crippen LogP contribution in [-0.2, 0) is 0 Å². The number of amides is 1. The van der Waals surface area contributed by atoms with E-state index in [9.17, 15) is 4.79 Å². The Balaban J connectivity index is 1.55. The molecule has 4 nitrogen and oxygen atoms in total. The molecule has 4 rings (SSSR count). The van der Waals surface area contributed by atoms with E-state index in [0.717, 1.165) is 40.2 Å². The van der Waals surface area contributed by atoms with Crippen LogP contribution >= 0.6 is 11.6 Å². The lowest BCUT2D eigenvalue weighted by atomic mass is 10.1. The molecular formula is C22H23ClN2O2. The molecule has 1 fully saturated rings. The van der Waals surface area contributed by atoms with E-state index in [-0.39, 0.29) is 11.9 Å². The summed E-state index contributed by atoms with van der Waals surface area (Å²) in [7, 11) is 0. The van der Waals surface area contributed by atoms with Gasteiger partial charge in [0, 0.05) is 22.5 Å². The quantitative estimate of drug-likeness (QED) is 0.678. The van der Waals surface area contributed by atoms with Gasteiger partial charge in [-0.3, -0.25) is 9.69 Å². The van der Waals surface area contributed by atoms with Crippen LogP contribution in [0.25, 0.3) is 11.0 Å². The van der Waals surface area contributed by atoms with Gasteiger partial charge in [-0.25, -0.2) is 0 Å². The minimum atomic E-state index is -0.181. The second-order valence-electron chi connectivity index (χ2n) is 7.04. The Morgan fingerprint density at radius 1 is 1.15 bits per heavy atom. The number of para-hydroxylation sites is 1. The van der Waals surface area contributed by atoms with Crippen LogP contribution in [0.5, 0.6) is 0 Å². The zero-order valence-corrected chi connectivity index (χ0v) is 16.1. The predicted molar refractivity (Wildman–Crippen MR) is 108 cm³/mol. The molecule has 0 spiro atoms. The van der Waals surface area contributed by atoms with Gasteiger partial charge in [0.15, 0.2) is 5.76 Å². The number of nitrogens with one attached hydrogen (secondary N) is 1. The van der Waals surface area contributed by atoms with Gasteiger partial charge in [0.2, 0.25) is 0 Å². The van der Waals surface area contributed by atoms with Crippen LogP contribution in [0, 0.1) is 6.92 Å². The van der Waals surface area contributed by atoms with Gasteiger partial charge in [0.25, 0.3) is 5.91 Å². The van der Waals surface area contributed by atoms with Crippen LogP contribution in [0.3, 0.4) is 0 Å². The average Bonchev–Trinajstić information content (AvgIpc) is 3.32. The van der Waals surface area contributed by atoms with Crippen molar-refractivity contribution in [3.8, 4) is 0 Å². The van der Waals surface area contributed by atoms with Crippen LogP contribution in [0.2, 0.25) is 5.02 Å². The second kappa shape index (κ2) is 7.75. The Morgan fingerprint density at radius 2 is 1.85 bits per heavy atom. The van der Waals surface area contributed by atoms with Crippen molar-refractivity contribution in [3.05, 3.63) is 70.4 Å². The number of carbonyl (C=O) groups is 1. The minimum absolute atomic E-state index is 0.0647. The van der Waals surface area contributed by atoms with Crippen LogP contribution in [0.4, 0.5) is 0 Å². The molecule has 27 heavy (non-hydrogen) atoms. The fraction of sp³-hybridized carbons (Fsp3) is 0.318. The number of halogens is 1. The van der Waals surface area contributed by atoms with Crippen molar-refractivity contribution in [2.45, 2.75) is 25.8 Å². The number of carbonyl (C=O) groups excluding carboxylic acids is 1. The van der Waals surface area contributed by atoms with E-state index in [1.54, 1.807) is 0 Å². The largest absolute Gasteiger partial charge is 0.451 e. The molecule has 1 aromatic heterocycles. The average molecular weight is 383 g/mol. The molecular weight excluding hydrogens is 360 g/mol. The normalized spacial score (nSPS) is 15.9. The molecule has 1 aliphatic heterocycles. The van der Waals surface area contributed by atoms with E-state index in [4.69, 9.17) is 16.0 Å². The first-order chi connectivity index (χ1) is 13.1. The number of likely N-dealkylation sites (tertiary alicyclic amines) is 1. The molecule has 3 aromatic rings. The highest BCUT2D eigenvalue weighted by atomic mass is 35.5. The smallest absolute Gasteiger partial charge is 0.287 e. The monoisotopic (exact) mass is 382 g/mol. The van der Waals surface area contributed by atoms with Crippen LogP contribution in [-0.4, -0.2) is 30.4 Å². The number of hydrogen-bond donors (Lipinski definition) is 1. The lowest BCUT2D eigenvalue weighted by Gasteiger charge is -2.28. The lowest BCUT2D eigenvalue weighted by molar-refractivity contribution is 0.0911. The van der Waals surface area contributed by atoms with Gasteiger partial charge in [-0.15, -0.1) is 0 Å². The van der Waals surface area contributed by atoms with Gasteiger partial charge < -0.3 is 9.73 Å². The number of aryl methyl sites for hydroxylation is 1. The number of benzene rings is 2. The van der Waals surface area contributed by atoms with Gasteiger partial charge in [0.05, 0.1) is 6.04 Å². The first kappa shape index (κ1) is 18.1. The first-order valence-corrected chi connectivity index (χ1v) is 9.78. The summed E-state index contributed by atoms with van der Waals surface area (Å²) in [5.41, 5.74) is 2.67. The van der Waals surface area contributed by atoms with Crippen molar-refractivity contribution < 1.29 is 9.21 Å². The van der Waals surface area contributed by atoms with E-state index in [1.165, 1.54) is 12.8 Å². The molecule has 0 radical (unpaired) electrons. The van der Waals surface area contributed by atoms with Gasteiger partial charge >= 0.3 is 0 Å². The second-order valence-corrected chi connectivity index (χ2v) is 7.45. The third-order valence-electron chi connectivity index (χ3n) is 5.35. The molecule has 0 saturated carbocycles. The number of furan rings is 1. The Morgan fingerprint density at radius 3 is 2.59 bits per heavy atom. The summed E-state index contributed by atoms with van der Waals surface area (Å²) in [6.07, 6.45) is 2.36. The van der Waals surface area contributed by atoms with Crippen molar-refractivity contribution >= 4 is 28.5 Å². The van der Waals surface area contributed by atoms with E-state index in [1.807, 2.05) is 55.5 Å². The van der Waals surface area contributed by atoms with Gasteiger partial charge in [-0.2, -0.15) is 0 Å². The van der Waals surface area contributed by atoms with Crippen LogP contribution in [0.15, 0.2) is 52.9 Å². The summed E-state index contributed by atoms with van der Waals surface area (Å²) >= 11 is 6.45. The van der Waals surface area contributed by atoms with E-state index in [0.29, 0.717) is 12.3 Å². The number of nitrogens with zero attached hydrogens (tertiary/aromatic N) is 1. The Labute approximate surface area is 164 Å². The summed E-state index contributed by atoms with van der Waals surface area (Å²) in [6, 6.07) is 15.7. The molecule has 1 N–H and O–H groups in total. The summed E-state index contributed by atoms with van der Waals surface area (Å²) in [5, 5.41) is 4.79. The SMILES string of the molecule is Cc1c(C(=O)NCC(c2ccccc2Cl)N2CCCC2)oc2ccccc12. The maximum Gasteiger partial charge on any atom is 0.287 e. The maximum atomic E-state index is 12.8. The molecule has 140 valence electrons. The summed E-state index contributed by atoms with van der Waals surface area (Å²) in [5.74, 6) is 0.204. The molecule has 1 amide bonds. The highest BCUT2D eigenvalue weighted by Crippen LogP contribution is 2.30. The molecule has 1 aliphatic rings. The fourth-order valence-corrected chi connectivity index (χ4v) is 4.16. The minimum Gasteiger partial charge on any atom is -0.451 e. The first-order valence-electron chi connectivity index (χ1n) is 9.40. The van der Waals surface area contributed by atoms with Crippen LogP contribution in [0.1, 0.15) is 40.6 Å². The highest BCUT2D eigenvalue weighted by Gasteiger charge is 2.26. The molecule has 0 bridgehead atoms. The third kappa shape index (κ3) is 3.60. The standard InChI is InChI=1S/C22H23ClN2O2/c1-15-16-8-3-5-11-20(16)27-21(15)22(26)24-14-19(25-12-6-7-13-25)17-9-2-4-10-18(17)23/h2-5,8-11,19H,6-7,12-14H2,1H3,(H,24,26). The summed E-state index contributed by atoms with van der Waals surface area (Å²) in [6.45, 7) is 4.47. The van der Waals surface area contributed by atoms with Crippen molar-refractivity contribution in [1.82, 2.24) is 10.2 Å². The van der Waals surface area contributed by atoms with Gasteiger partial charge in [0.1, 0.15) is 5.58 Å². The zero-order chi connectivity index (χ0) is 18.8. The highest BCUT2D eigenvalue weighted by molar-refractivity contribution is 6.31. The van der Waals surface area contributed by atoms with E-state index >= 15 is 0 Å². The predicted octanol–water partition coefficient (Wildman–Crippen LogP) is 4.96.